The lowest BCUT2D eigenvalue weighted by Gasteiger charge is -2.24. The van der Waals surface area contributed by atoms with Gasteiger partial charge in [-0.05, 0) is 11.3 Å². The van der Waals surface area contributed by atoms with Crippen LogP contribution in [0, 0.1) is 11.3 Å². The molecular formula is C7H15FO2P+. The summed E-state index contributed by atoms with van der Waals surface area (Å²) >= 11 is 0. The van der Waals surface area contributed by atoms with Gasteiger partial charge in [0.25, 0.3) is 0 Å². The Hall–Kier alpha value is -0.0100. The van der Waals surface area contributed by atoms with E-state index in [1.807, 2.05) is 27.7 Å². The highest BCUT2D eigenvalue weighted by Gasteiger charge is 2.25. The van der Waals surface area contributed by atoms with Crippen molar-refractivity contribution in [3.8, 4) is 0 Å². The first kappa shape index (κ1) is 11.0. The Labute approximate surface area is 68.1 Å². The van der Waals surface area contributed by atoms with E-state index in [1.54, 1.807) is 0 Å². The molecule has 0 radical (unpaired) electrons. The maximum atomic E-state index is 11.7. The van der Waals surface area contributed by atoms with Gasteiger partial charge in [0.15, 0.2) is 0 Å². The highest BCUT2D eigenvalue weighted by atomic mass is 31.2. The van der Waals surface area contributed by atoms with E-state index in [2.05, 4.69) is 4.52 Å². The van der Waals surface area contributed by atoms with Crippen LogP contribution in [0.25, 0.3) is 0 Å². The van der Waals surface area contributed by atoms with Gasteiger partial charge in [0, 0.05) is 4.57 Å². The summed E-state index contributed by atoms with van der Waals surface area (Å²) in [5.41, 5.74) is 0.0747. The van der Waals surface area contributed by atoms with Crippen molar-refractivity contribution in [3.63, 3.8) is 0 Å². The van der Waals surface area contributed by atoms with E-state index in [0.717, 1.165) is 0 Å². The Morgan fingerprint density at radius 2 is 2.00 bits per heavy atom. The highest BCUT2D eigenvalue weighted by Crippen LogP contribution is 2.30. The molecular weight excluding hydrogens is 166 g/mol. The molecule has 0 aliphatic heterocycles. The van der Waals surface area contributed by atoms with Gasteiger partial charge in [0.1, 0.15) is 6.61 Å². The first-order valence-corrected chi connectivity index (χ1v) is 4.67. The summed E-state index contributed by atoms with van der Waals surface area (Å²) in [7, 11) is -2.93. The van der Waals surface area contributed by atoms with Gasteiger partial charge >= 0.3 is 8.34 Å². The molecule has 0 saturated heterocycles. The molecule has 0 aromatic carbocycles. The van der Waals surface area contributed by atoms with Gasteiger partial charge in [0.2, 0.25) is 0 Å². The standard InChI is InChI=1S/C7H15FO2P/c1-6(7(2,3)4)5-10-11(8)9/h6H,5H2,1-4H3/q+1. The van der Waals surface area contributed by atoms with Crippen LogP contribution in [-0.4, -0.2) is 6.61 Å². The normalized spacial score (nSPS) is 16.3. The molecule has 0 bridgehead atoms. The first-order chi connectivity index (χ1) is 4.84. The monoisotopic (exact) mass is 181 g/mol. The van der Waals surface area contributed by atoms with Crippen molar-refractivity contribution >= 4 is 8.34 Å². The van der Waals surface area contributed by atoms with Gasteiger partial charge in [-0.1, -0.05) is 27.7 Å². The third-order valence-electron chi connectivity index (χ3n) is 1.90. The smallest absolute Gasteiger partial charge is 0.115 e. The zero-order chi connectivity index (χ0) is 9.07. The van der Waals surface area contributed by atoms with E-state index in [9.17, 15) is 8.76 Å². The van der Waals surface area contributed by atoms with Crippen molar-refractivity contribution in [1.82, 2.24) is 0 Å². The molecule has 0 N–H and O–H groups in total. The fourth-order valence-corrected chi connectivity index (χ4v) is 0.761. The van der Waals surface area contributed by atoms with Crippen LogP contribution in [0.5, 0.6) is 0 Å². The van der Waals surface area contributed by atoms with Crippen LogP contribution in [0.15, 0.2) is 0 Å². The molecule has 0 aliphatic rings. The molecule has 0 spiro atoms. The molecule has 66 valence electrons. The Bertz CT molecular complexity index is 142. The van der Waals surface area contributed by atoms with Crippen molar-refractivity contribution in [2.75, 3.05) is 6.61 Å². The highest BCUT2D eigenvalue weighted by molar-refractivity contribution is 7.32. The van der Waals surface area contributed by atoms with Crippen LogP contribution >= 0.6 is 8.34 Å². The van der Waals surface area contributed by atoms with E-state index in [4.69, 9.17) is 0 Å². The van der Waals surface area contributed by atoms with Crippen molar-refractivity contribution in [2.24, 2.45) is 11.3 Å². The van der Waals surface area contributed by atoms with Gasteiger partial charge in [-0.15, -0.1) is 4.52 Å². The molecule has 0 aromatic heterocycles. The van der Waals surface area contributed by atoms with E-state index in [-0.39, 0.29) is 17.9 Å². The predicted molar refractivity (Wildman–Crippen MR) is 43.3 cm³/mol. The van der Waals surface area contributed by atoms with Crippen molar-refractivity contribution in [2.45, 2.75) is 27.7 Å². The molecule has 2 unspecified atom stereocenters. The molecule has 0 fully saturated rings. The first-order valence-electron chi connectivity index (χ1n) is 3.60. The van der Waals surface area contributed by atoms with Crippen molar-refractivity contribution < 1.29 is 13.3 Å². The van der Waals surface area contributed by atoms with Crippen LogP contribution in [0.1, 0.15) is 27.7 Å². The van der Waals surface area contributed by atoms with E-state index < -0.39 is 8.34 Å². The van der Waals surface area contributed by atoms with E-state index in [0.29, 0.717) is 0 Å². The molecule has 11 heavy (non-hydrogen) atoms. The summed E-state index contributed by atoms with van der Waals surface area (Å²) in [5.74, 6) is 0.206. The molecule has 0 heterocycles. The van der Waals surface area contributed by atoms with Gasteiger partial charge in [-0.2, -0.15) is 0 Å². The molecule has 4 heteroatoms. The van der Waals surface area contributed by atoms with Crippen LogP contribution in [0.4, 0.5) is 4.20 Å². The SMILES string of the molecule is CC(CO[P+](=O)F)C(C)(C)C. The van der Waals surface area contributed by atoms with Crippen LogP contribution < -0.4 is 0 Å². The zero-order valence-corrected chi connectivity index (χ0v) is 8.32. The fourth-order valence-electron chi connectivity index (χ4n) is 0.420. The summed E-state index contributed by atoms with van der Waals surface area (Å²) in [6.45, 7) is 8.26. The average Bonchev–Trinajstić information content (AvgIpc) is 1.80. The lowest BCUT2D eigenvalue weighted by Crippen LogP contribution is -2.20. The Kier molecular flexibility index (Phi) is 4.12. The fraction of sp³-hybridized carbons (Fsp3) is 1.00. The average molecular weight is 181 g/mol. The number of rotatable bonds is 3. The summed E-state index contributed by atoms with van der Waals surface area (Å²) in [6, 6.07) is 0. The lowest BCUT2D eigenvalue weighted by molar-refractivity contribution is 0.162. The lowest BCUT2D eigenvalue weighted by atomic mass is 9.83. The number of hydrogen-bond donors (Lipinski definition) is 0. The van der Waals surface area contributed by atoms with E-state index >= 15 is 0 Å². The van der Waals surface area contributed by atoms with Crippen LogP contribution in [0.3, 0.4) is 0 Å². The third-order valence-corrected chi connectivity index (χ3v) is 2.26. The minimum absolute atomic E-state index is 0.0747. The Balaban J connectivity index is 3.70. The number of hydrogen-bond acceptors (Lipinski definition) is 2. The molecule has 2 atom stereocenters. The summed E-state index contributed by atoms with van der Waals surface area (Å²) < 4.78 is 26.0. The van der Waals surface area contributed by atoms with Gasteiger partial charge in [-0.25, -0.2) is 0 Å². The second-order valence-corrected chi connectivity index (χ2v) is 4.46. The molecule has 0 aromatic rings. The van der Waals surface area contributed by atoms with Crippen molar-refractivity contribution in [3.05, 3.63) is 0 Å². The van der Waals surface area contributed by atoms with Crippen molar-refractivity contribution in [1.29, 1.82) is 0 Å². The largest absolute Gasteiger partial charge is 0.746 e. The molecule has 0 aliphatic carbocycles. The minimum atomic E-state index is -2.93. The molecule has 0 amide bonds. The van der Waals surface area contributed by atoms with Gasteiger partial charge in [0.05, 0.1) is 4.20 Å². The second kappa shape index (κ2) is 4.13. The minimum Gasteiger partial charge on any atom is -0.115 e. The summed E-state index contributed by atoms with van der Waals surface area (Å²) in [5, 5.41) is 0. The maximum Gasteiger partial charge on any atom is 0.746 e. The molecule has 2 nitrogen and oxygen atoms in total. The summed E-state index contributed by atoms with van der Waals surface area (Å²) in [4.78, 5) is 0. The molecule has 0 rings (SSSR count). The van der Waals surface area contributed by atoms with E-state index in [1.165, 1.54) is 0 Å². The number of halogens is 1. The van der Waals surface area contributed by atoms with Crippen LogP contribution in [-0.2, 0) is 9.09 Å². The second-order valence-electron chi connectivity index (χ2n) is 3.78. The maximum absolute atomic E-state index is 11.7. The van der Waals surface area contributed by atoms with Gasteiger partial charge < -0.3 is 0 Å². The molecule has 0 saturated carbocycles. The third kappa shape index (κ3) is 5.28. The van der Waals surface area contributed by atoms with Crippen LogP contribution in [0.2, 0.25) is 0 Å². The predicted octanol–water partition coefficient (Wildman–Crippen LogP) is 3.31. The quantitative estimate of drug-likeness (QED) is 0.624. The topological polar surface area (TPSA) is 26.3 Å². The van der Waals surface area contributed by atoms with Gasteiger partial charge in [-0.3, -0.25) is 0 Å². The Morgan fingerprint density at radius 3 is 2.27 bits per heavy atom. The Morgan fingerprint density at radius 1 is 1.55 bits per heavy atom. The zero-order valence-electron chi connectivity index (χ0n) is 7.43. The summed E-state index contributed by atoms with van der Waals surface area (Å²) in [6.07, 6.45) is 0.